The quantitative estimate of drug-likeness (QED) is 0.795. The topological polar surface area (TPSA) is 69.7 Å². The molecule has 0 spiro atoms. The molecule has 21 heavy (non-hydrogen) atoms. The maximum absolute atomic E-state index is 12.4. The van der Waals surface area contributed by atoms with Crippen LogP contribution in [-0.2, 0) is 9.59 Å². The van der Waals surface area contributed by atoms with Gasteiger partial charge in [0, 0.05) is 31.7 Å². The van der Waals surface area contributed by atoms with Gasteiger partial charge in [0.2, 0.25) is 12.3 Å². The Balaban J connectivity index is 1.92. The largest absolute Gasteiger partial charge is 0.350 e. The van der Waals surface area contributed by atoms with Crippen molar-refractivity contribution in [2.45, 2.75) is 6.92 Å². The second-order valence-electron chi connectivity index (χ2n) is 4.99. The number of aryl methyl sites for hydroxylation is 1. The molecular formula is C15H19N3O3. The monoisotopic (exact) mass is 289 g/mol. The molecule has 1 aliphatic heterocycles. The van der Waals surface area contributed by atoms with E-state index in [-0.39, 0.29) is 18.4 Å². The number of carbonyl (C=O) groups excluding carboxylic acids is 3. The summed E-state index contributed by atoms with van der Waals surface area (Å²) in [7, 11) is 0. The third-order valence-electron chi connectivity index (χ3n) is 3.63. The lowest BCUT2D eigenvalue weighted by Gasteiger charge is -2.35. The molecule has 0 aliphatic carbocycles. The highest BCUT2D eigenvalue weighted by atomic mass is 16.2. The molecule has 0 aromatic heterocycles. The summed E-state index contributed by atoms with van der Waals surface area (Å²) in [5, 5.41) is 2.36. The van der Waals surface area contributed by atoms with E-state index in [1.54, 1.807) is 9.80 Å². The van der Waals surface area contributed by atoms with Gasteiger partial charge in [-0.3, -0.25) is 14.4 Å². The van der Waals surface area contributed by atoms with E-state index in [4.69, 9.17) is 0 Å². The number of carbonyl (C=O) groups is 3. The van der Waals surface area contributed by atoms with Crippen molar-refractivity contribution >= 4 is 18.2 Å². The molecule has 1 aliphatic rings. The fourth-order valence-corrected chi connectivity index (χ4v) is 2.38. The van der Waals surface area contributed by atoms with Crippen LogP contribution in [0.2, 0.25) is 0 Å². The highest BCUT2D eigenvalue weighted by molar-refractivity contribution is 5.95. The zero-order valence-electron chi connectivity index (χ0n) is 12.0. The van der Waals surface area contributed by atoms with Crippen molar-refractivity contribution in [3.05, 3.63) is 35.4 Å². The van der Waals surface area contributed by atoms with E-state index >= 15 is 0 Å². The van der Waals surface area contributed by atoms with Gasteiger partial charge in [-0.25, -0.2) is 0 Å². The lowest BCUT2D eigenvalue weighted by atomic mass is 10.1. The summed E-state index contributed by atoms with van der Waals surface area (Å²) in [5.41, 5.74) is 1.66. The molecule has 1 saturated heterocycles. The predicted octanol–water partition coefficient (Wildman–Crippen LogP) is 0.0254. The van der Waals surface area contributed by atoms with Crippen LogP contribution in [0.5, 0.6) is 0 Å². The first kappa shape index (κ1) is 15.0. The van der Waals surface area contributed by atoms with E-state index < -0.39 is 0 Å². The molecule has 3 amide bonds. The van der Waals surface area contributed by atoms with Crippen LogP contribution in [0.4, 0.5) is 0 Å². The van der Waals surface area contributed by atoms with Crippen molar-refractivity contribution in [2.75, 3.05) is 32.7 Å². The number of amides is 3. The highest BCUT2D eigenvalue weighted by Gasteiger charge is 2.25. The molecule has 0 bridgehead atoms. The maximum atomic E-state index is 12.4. The highest BCUT2D eigenvalue weighted by Crippen LogP contribution is 2.12. The normalized spacial score (nSPS) is 14.7. The Hall–Kier alpha value is -2.37. The fraction of sp³-hybridized carbons (Fsp3) is 0.400. The van der Waals surface area contributed by atoms with Crippen LogP contribution in [0.3, 0.4) is 0 Å². The second-order valence-corrected chi connectivity index (χ2v) is 4.99. The van der Waals surface area contributed by atoms with Crippen LogP contribution in [0, 0.1) is 6.92 Å². The summed E-state index contributed by atoms with van der Waals surface area (Å²) < 4.78 is 0. The van der Waals surface area contributed by atoms with Crippen LogP contribution in [-0.4, -0.2) is 60.7 Å². The van der Waals surface area contributed by atoms with Crippen LogP contribution < -0.4 is 5.32 Å². The number of nitrogens with zero attached hydrogens (tertiary/aromatic N) is 2. The van der Waals surface area contributed by atoms with Gasteiger partial charge >= 0.3 is 0 Å². The molecule has 112 valence electrons. The van der Waals surface area contributed by atoms with E-state index in [0.717, 1.165) is 5.56 Å². The molecule has 1 N–H and O–H groups in total. The van der Waals surface area contributed by atoms with Gasteiger partial charge in [0.15, 0.2) is 0 Å². The van der Waals surface area contributed by atoms with Crippen molar-refractivity contribution in [1.82, 2.24) is 15.1 Å². The Kier molecular flexibility index (Phi) is 4.92. The fourth-order valence-electron chi connectivity index (χ4n) is 2.38. The molecule has 1 aromatic rings. The zero-order valence-corrected chi connectivity index (χ0v) is 12.0. The third-order valence-corrected chi connectivity index (χ3v) is 3.63. The first-order valence-corrected chi connectivity index (χ1v) is 6.93. The molecule has 1 fully saturated rings. The molecule has 0 unspecified atom stereocenters. The number of benzene rings is 1. The van der Waals surface area contributed by atoms with Crippen LogP contribution in [0.1, 0.15) is 15.9 Å². The van der Waals surface area contributed by atoms with E-state index in [0.29, 0.717) is 38.2 Å². The van der Waals surface area contributed by atoms with Crippen molar-refractivity contribution in [2.24, 2.45) is 0 Å². The molecule has 0 saturated carbocycles. The first-order chi connectivity index (χ1) is 10.1. The lowest BCUT2D eigenvalue weighted by molar-refractivity contribution is -0.132. The van der Waals surface area contributed by atoms with E-state index in [1.807, 2.05) is 31.2 Å². The zero-order chi connectivity index (χ0) is 15.2. The maximum Gasteiger partial charge on any atom is 0.254 e. The molecule has 6 heteroatoms. The number of hydrogen-bond donors (Lipinski definition) is 1. The minimum absolute atomic E-state index is 0.00576. The summed E-state index contributed by atoms with van der Waals surface area (Å²) in [6.07, 6.45) is 0.510. The first-order valence-electron chi connectivity index (χ1n) is 6.93. The molecule has 2 rings (SSSR count). The van der Waals surface area contributed by atoms with E-state index in [2.05, 4.69) is 5.32 Å². The molecule has 1 aromatic carbocycles. The molecule has 0 atom stereocenters. The summed E-state index contributed by atoms with van der Waals surface area (Å²) >= 11 is 0. The Morgan fingerprint density at radius 3 is 2.38 bits per heavy atom. The van der Waals surface area contributed by atoms with Crippen LogP contribution in [0.25, 0.3) is 0 Å². The smallest absolute Gasteiger partial charge is 0.254 e. The lowest BCUT2D eigenvalue weighted by Crippen LogP contribution is -2.52. The Morgan fingerprint density at radius 1 is 1.14 bits per heavy atom. The number of hydrogen-bond acceptors (Lipinski definition) is 3. The third kappa shape index (κ3) is 3.59. The summed E-state index contributed by atoms with van der Waals surface area (Å²) in [4.78, 5) is 37.8. The minimum Gasteiger partial charge on any atom is -0.350 e. The average molecular weight is 289 g/mol. The van der Waals surface area contributed by atoms with Gasteiger partial charge in [-0.2, -0.15) is 0 Å². The molecule has 0 radical (unpaired) electrons. The SMILES string of the molecule is Cc1ccccc1C(=O)N1CCN(C(=O)CNC=O)CC1. The van der Waals surface area contributed by atoms with Gasteiger partial charge in [0.05, 0.1) is 6.54 Å². The standard InChI is InChI=1S/C15H19N3O3/c1-12-4-2-3-5-13(12)15(21)18-8-6-17(7-9-18)14(20)10-16-11-19/h2-5,11H,6-10H2,1H3,(H,16,19). The van der Waals surface area contributed by atoms with Gasteiger partial charge in [-0.15, -0.1) is 0 Å². The Bertz CT molecular complexity index is 537. The van der Waals surface area contributed by atoms with Gasteiger partial charge in [0.1, 0.15) is 0 Å². The van der Waals surface area contributed by atoms with Crippen molar-refractivity contribution in [1.29, 1.82) is 0 Å². The summed E-state index contributed by atoms with van der Waals surface area (Å²) in [6, 6.07) is 7.50. The summed E-state index contributed by atoms with van der Waals surface area (Å²) in [6.45, 7) is 3.95. The van der Waals surface area contributed by atoms with Gasteiger partial charge in [-0.1, -0.05) is 18.2 Å². The van der Waals surface area contributed by atoms with Gasteiger partial charge in [-0.05, 0) is 18.6 Å². The van der Waals surface area contributed by atoms with Crippen molar-refractivity contribution in [3.8, 4) is 0 Å². The van der Waals surface area contributed by atoms with Crippen molar-refractivity contribution in [3.63, 3.8) is 0 Å². The van der Waals surface area contributed by atoms with Gasteiger partial charge in [0.25, 0.3) is 5.91 Å². The second kappa shape index (κ2) is 6.88. The molecular weight excluding hydrogens is 270 g/mol. The number of rotatable bonds is 4. The van der Waals surface area contributed by atoms with E-state index in [9.17, 15) is 14.4 Å². The Morgan fingerprint density at radius 2 is 1.76 bits per heavy atom. The average Bonchev–Trinajstić information content (AvgIpc) is 2.52. The minimum atomic E-state index is -0.120. The molecule has 1 heterocycles. The van der Waals surface area contributed by atoms with Gasteiger partial charge < -0.3 is 15.1 Å². The van der Waals surface area contributed by atoms with Crippen LogP contribution >= 0.6 is 0 Å². The number of piperazine rings is 1. The Labute approximate surface area is 123 Å². The number of nitrogens with one attached hydrogen (secondary N) is 1. The van der Waals surface area contributed by atoms with E-state index in [1.165, 1.54) is 0 Å². The van der Waals surface area contributed by atoms with Crippen molar-refractivity contribution < 1.29 is 14.4 Å². The predicted molar refractivity (Wildman–Crippen MR) is 77.7 cm³/mol. The molecule has 6 nitrogen and oxygen atoms in total. The summed E-state index contributed by atoms with van der Waals surface area (Å²) in [5.74, 6) is -0.115. The van der Waals surface area contributed by atoms with Crippen LogP contribution in [0.15, 0.2) is 24.3 Å².